The van der Waals surface area contributed by atoms with Crippen LogP contribution in [0.15, 0.2) is 12.1 Å². The number of carbonyl (C=O) groups is 1. The number of rotatable bonds is 1. The molecule has 74 valence electrons. The van der Waals surface area contributed by atoms with Crippen molar-refractivity contribution in [3.63, 3.8) is 0 Å². The average Bonchev–Trinajstić information content (AvgIpc) is 2.51. The van der Waals surface area contributed by atoms with Gasteiger partial charge in [0.2, 0.25) is 6.79 Å². The van der Waals surface area contributed by atoms with Crippen LogP contribution in [0.25, 0.3) is 0 Å². The van der Waals surface area contributed by atoms with Crippen LogP contribution in [-0.4, -0.2) is 12.2 Å². The lowest BCUT2D eigenvalue weighted by Crippen LogP contribution is -2.02. The van der Waals surface area contributed by atoms with Gasteiger partial charge < -0.3 is 14.8 Å². The van der Waals surface area contributed by atoms with Crippen molar-refractivity contribution in [1.29, 1.82) is 0 Å². The lowest BCUT2D eigenvalue weighted by molar-refractivity contribution is 0.174. The van der Waals surface area contributed by atoms with Crippen molar-refractivity contribution >= 4 is 22.7 Å². The molecule has 2 rings (SSSR count). The molecule has 0 fully saturated rings. The highest BCUT2D eigenvalue weighted by atomic mass is 35.5. The molecule has 0 bridgehead atoms. The van der Waals surface area contributed by atoms with Crippen LogP contribution in [0, 0.1) is 6.92 Å². The van der Waals surface area contributed by atoms with Gasteiger partial charge in [-0.2, -0.15) is 0 Å². The lowest BCUT2D eigenvalue weighted by Gasteiger charge is -2.06. The molecular weight excluding hydrogens is 206 g/mol. The lowest BCUT2D eigenvalue weighted by atomic mass is 10.2. The third-order valence-corrected chi connectivity index (χ3v) is 2.05. The maximum absolute atomic E-state index is 10.6. The first-order valence-electron chi connectivity index (χ1n) is 4.03. The zero-order valence-corrected chi connectivity index (χ0v) is 8.22. The van der Waals surface area contributed by atoms with Crippen LogP contribution < -0.4 is 14.8 Å². The number of halogens is 1. The number of hydrogen-bond acceptors (Lipinski definition) is 3. The SMILES string of the molecule is Cc1cc2c(cc1NC(=O)Cl)OCO2. The van der Waals surface area contributed by atoms with Gasteiger partial charge in [-0.05, 0) is 30.2 Å². The number of fused-ring (bicyclic) bond motifs is 1. The van der Waals surface area contributed by atoms with Crippen LogP contribution in [0.4, 0.5) is 10.5 Å². The summed E-state index contributed by atoms with van der Waals surface area (Å²) in [7, 11) is 0. The van der Waals surface area contributed by atoms with Crippen molar-refractivity contribution in [2.24, 2.45) is 0 Å². The van der Waals surface area contributed by atoms with Crippen molar-refractivity contribution in [3.05, 3.63) is 17.7 Å². The quantitative estimate of drug-likeness (QED) is 0.576. The Kier molecular flexibility index (Phi) is 2.21. The molecular formula is C9H8ClNO3. The molecule has 1 aromatic rings. The summed E-state index contributed by atoms with van der Waals surface area (Å²) in [4.78, 5) is 10.6. The van der Waals surface area contributed by atoms with Crippen LogP contribution in [0.5, 0.6) is 11.5 Å². The second-order valence-electron chi connectivity index (χ2n) is 2.92. The summed E-state index contributed by atoms with van der Waals surface area (Å²) in [5.41, 5.74) is 1.51. The Morgan fingerprint density at radius 3 is 2.71 bits per heavy atom. The van der Waals surface area contributed by atoms with E-state index in [9.17, 15) is 4.79 Å². The van der Waals surface area contributed by atoms with E-state index in [1.807, 2.05) is 6.92 Å². The molecule has 0 saturated carbocycles. The second kappa shape index (κ2) is 3.38. The molecule has 0 atom stereocenters. The largest absolute Gasteiger partial charge is 0.454 e. The van der Waals surface area contributed by atoms with Crippen LogP contribution >= 0.6 is 11.6 Å². The van der Waals surface area contributed by atoms with E-state index < -0.39 is 5.37 Å². The molecule has 1 aliphatic rings. The average molecular weight is 214 g/mol. The topological polar surface area (TPSA) is 47.6 Å². The van der Waals surface area contributed by atoms with E-state index in [1.165, 1.54) is 0 Å². The van der Waals surface area contributed by atoms with Gasteiger partial charge in [-0.1, -0.05) is 0 Å². The van der Waals surface area contributed by atoms with Crippen LogP contribution in [0.2, 0.25) is 0 Å². The Hall–Kier alpha value is -1.42. The molecule has 1 aliphatic heterocycles. The highest BCUT2D eigenvalue weighted by Crippen LogP contribution is 2.36. The Balaban J connectivity index is 2.37. The van der Waals surface area contributed by atoms with Crippen molar-refractivity contribution in [2.75, 3.05) is 12.1 Å². The first-order chi connectivity index (χ1) is 6.66. The van der Waals surface area contributed by atoms with Gasteiger partial charge in [0.25, 0.3) is 0 Å². The maximum atomic E-state index is 10.6. The highest BCUT2D eigenvalue weighted by molar-refractivity contribution is 6.65. The standard InChI is InChI=1S/C9H8ClNO3/c1-5-2-7-8(14-4-13-7)3-6(5)11-9(10)12/h2-3H,4H2,1H3,(H,11,12). The predicted molar refractivity (Wildman–Crippen MR) is 52.2 cm³/mol. The van der Waals surface area contributed by atoms with Gasteiger partial charge in [0.05, 0.1) is 0 Å². The molecule has 0 aromatic heterocycles. The molecule has 0 unspecified atom stereocenters. The molecule has 0 radical (unpaired) electrons. The third kappa shape index (κ3) is 1.61. The van der Waals surface area contributed by atoms with Gasteiger partial charge in [0.15, 0.2) is 11.5 Å². The zero-order valence-electron chi connectivity index (χ0n) is 7.46. The number of amides is 1. The molecule has 0 spiro atoms. The summed E-state index contributed by atoms with van der Waals surface area (Å²) in [6.07, 6.45) is 0. The molecule has 14 heavy (non-hydrogen) atoms. The molecule has 5 heteroatoms. The van der Waals surface area contributed by atoms with Gasteiger partial charge in [-0.25, -0.2) is 0 Å². The van der Waals surface area contributed by atoms with Gasteiger partial charge in [-0.3, -0.25) is 4.79 Å². The minimum atomic E-state index is -0.619. The fraction of sp³-hybridized carbons (Fsp3) is 0.222. The van der Waals surface area contributed by atoms with E-state index in [0.29, 0.717) is 17.2 Å². The van der Waals surface area contributed by atoms with Crippen LogP contribution in [0.3, 0.4) is 0 Å². The van der Waals surface area contributed by atoms with E-state index in [1.54, 1.807) is 12.1 Å². The predicted octanol–water partition coefficient (Wildman–Crippen LogP) is 2.49. The zero-order chi connectivity index (χ0) is 10.1. The minimum Gasteiger partial charge on any atom is -0.454 e. The molecule has 4 nitrogen and oxygen atoms in total. The normalized spacial score (nSPS) is 12.7. The van der Waals surface area contributed by atoms with Crippen LogP contribution in [-0.2, 0) is 0 Å². The summed E-state index contributed by atoms with van der Waals surface area (Å²) < 4.78 is 10.3. The van der Waals surface area contributed by atoms with E-state index >= 15 is 0 Å². The number of hydrogen-bond donors (Lipinski definition) is 1. The van der Waals surface area contributed by atoms with Gasteiger partial charge in [0, 0.05) is 11.8 Å². The molecule has 1 N–H and O–H groups in total. The Labute approximate surface area is 85.8 Å². The number of ether oxygens (including phenoxy) is 2. The van der Waals surface area contributed by atoms with E-state index in [-0.39, 0.29) is 6.79 Å². The first-order valence-corrected chi connectivity index (χ1v) is 4.41. The molecule has 1 aromatic carbocycles. The van der Waals surface area contributed by atoms with Gasteiger partial charge in [0.1, 0.15) is 0 Å². The van der Waals surface area contributed by atoms with Crippen molar-refractivity contribution in [1.82, 2.24) is 0 Å². The van der Waals surface area contributed by atoms with Crippen molar-refractivity contribution in [2.45, 2.75) is 6.92 Å². The Morgan fingerprint density at radius 2 is 2.07 bits per heavy atom. The van der Waals surface area contributed by atoms with Crippen molar-refractivity contribution < 1.29 is 14.3 Å². The summed E-state index contributed by atoms with van der Waals surface area (Å²) in [5, 5.41) is 1.88. The molecule has 0 aliphatic carbocycles. The summed E-state index contributed by atoms with van der Waals surface area (Å²) in [5.74, 6) is 1.31. The van der Waals surface area contributed by atoms with Crippen molar-refractivity contribution in [3.8, 4) is 11.5 Å². The minimum absolute atomic E-state index is 0.215. The number of aryl methyl sites for hydroxylation is 1. The van der Waals surface area contributed by atoms with E-state index in [2.05, 4.69) is 5.32 Å². The third-order valence-electron chi connectivity index (χ3n) is 1.95. The summed E-state index contributed by atoms with van der Waals surface area (Å²) in [6.45, 7) is 2.07. The van der Waals surface area contributed by atoms with Crippen LogP contribution in [0.1, 0.15) is 5.56 Å². The Morgan fingerprint density at radius 1 is 1.43 bits per heavy atom. The fourth-order valence-electron chi connectivity index (χ4n) is 1.28. The number of nitrogens with one attached hydrogen (secondary N) is 1. The number of carbonyl (C=O) groups excluding carboxylic acids is 1. The highest BCUT2D eigenvalue weighted by Gasteiger charge is 2.15. The smallest absolute Gasteiger partial charge is 0.318 e. The first kappa shape index (κ1) is 9.15. The van der Waals surface area contributed by atoms with Gasteiger partial charge >= 0.3 is 5.37 Å². The summed E-state index contributed by atoms with van der Waals surface area (Å²) >= 11 is 5.21. The van der Waals surface area contributed by atoms with Gasteiger partial charge in [-0.15, -0.1) is 0 Å². The molecule has 1 heterocycles. The fourth-order valence-corrected chi connectivity index (χ4v) is 1.39. The molecule has 0 saturated heterocycles. The second-order valence-corrected chi connectivity index (χ2v) is 3.26. The molecule has 1 amide bonds. The number of benzene rings is 1. The maximum Gasteiger partial charge on any atom is 0.318 e. The van der Waals surface area contributed by atoms with E-state index in [0.717, 1.165) is 5.56 Å². The Bertz CT molecular complexity index is 392. The number of anilines is 1. The monoisotopic (exact) mass is 213 g/mol. The summed E-state index contributed by atoms with van der Waals surface area (Å²) in [6, 6.07) is 3.49. The van der Waals surface area contributed by atoms with E-state index in [4.69, 9.17) is 21.1 Å².